The van der Waals surface area contributed by atoms with Crippen molar-refractivity contribution in [1.29, 1.82) is 0 Å². The van der Waals surface area contributed by atoms with Crippen LogP contribution in [-0.2, 0) is 0 Å². The molecule has 1 unspecified atom stereocenters. The summed E-state index contributed by atoms with van der Waals surface area (Å²) in [5.41, 5.74) is 2.39. The van der Waals surface area contributed by atoms with Gasteiger partial charge in [-0.25, -0.2) is 0 Å². The van der Waals surface area contributed by atoms with Crippen LogP contribution in [0.5, 0.6) is 23.0 Å². The Bertz CT molecular complexity index is 680. The van der Waals surface area contributed by atoms with E-state index in [-0.39, 0.29) is 6.79 Å². The maximum Gasteiger partial charge on any atom is 0.231 e. The number of hydrogen-bond donors (Lipinski definition) is 0. The van der Waals surface area contributed by atoms with Gasteiger partial charge in [-0.1, -0.05) is 18.2 Å². The fraction of sp³-hybridized carbons (Fsp3) is 0.294. The van der Waals surface area contributed by atoms with Crippen molar-refractivity contribution in [3.8, 4) is 23.0 Å². The highest BCUT2D eigenvalue weighted by Crippen LogP contribution is 2.46. The van der Waals surface area contributed by atoms with E-state index in [0.29, 0.717) is 11.7 Å². The minimum absolute atomic E-state index is 0.250. The molecular weight excluding hydrogens is 268 g/mol. The molecule has 0 aliphatic carbocycles. The molecule has 2 aromatic rings. The molecule has 108 valence electrons. The molecule has 21 heavy (non-hydrogen) atoms. The standard InChI is InChI=1S/C17H16O4/c1-18-15-8-11(9-16-17(15)21-10-20-16)12-6-7-19-14-5-3-2-4-13(12)14/h2-5,8-9,12H,6-7,10H2,1H3. The van der Waals surface area contributed by atoms with Crippen LogP contribution >= 0.6 is 0 Å². The summed E-state index contributed by atoms with van der Waals surface area (Å²) in [6, 6.07) is 12.3. The first-order chi connectivity index (χ1) is 10.4. The van der Waals surface area contributed by atoms with E-state index in [9.17, 15) is 0 Å². The molecular formula is C17H16O4. The average molecular weight is 284 g/mol. The third-order valence-electron chi connectivity index (χ3n) is 4.04. The molecule has 4 rings (SSSR count). The van der Waals surface area contributed by atoms with Crippen LogP contribution in [0.15, 0.2) is 36.4 Å². The number of benzene rings is 2. The Labute approximate surface area is 123 Å². The van der Waals surface area contributed by atoms with E-state index in [2.05, 4.69) is 12.1 Å². The zero-order valence-electron chi connectivity index (χ0n) is 11.8. The Morgan fingerprint density at radius 2 is 1.95 bits per heavy atom. The van der Waals surface area contributed by atoms with Gasteiger partial charge in [-0.05, 0) is 30.2 Å². The zero-order chi connectivity index (χ0) is 14.2. The Balaban J connectivity index is 1.81. The van der Waals surface area contributed by atoms with Gasteiger partial charge < -0.3 is 18.9 Å². The highest BCUT2D eigenvalue weighted by molar-refractivity contribution is 5.57. The second kappa shape index (κ2) is 4.88. The second-order valence-corrected chi connectivity index (χ2v) is 5.18. The maximum atomic E-state index is 5.74. The molecule has 2 aliphatic rings. The summed E-state index contributed by atoms with van der Waals surface area (Å²) in [5.74, 6) is 3.43. The fourth-order valence-electron chi connectivity index (χ4n) is 3.04. The number of hydrogen-bond acceptors (Lipinski definition) is 4. The molecule has 0 saturated carbocycles. The Morgan fingerprint density at radius 3 is 2.86 bits per heavy atom. The van der Waals surface area contributed by atoms with Crippen LogP contribution in [0.1, 0.15) is 23.5 Å². The molecule has 0 aromatic heterocycles. The lowest BCUT2D eigenvalue weighted by atomic mass is 9.86. The van der Waals surface area contributed by atoms with Crippen molar-refractivity contribution in [2.24, 2.45) is 0 Å². The monoisotopic (exact) mass is 284 g/mol. The van der Waals surface area contributed by atoms with Crippen LogP contribution in [0.25, 0.3) is 0 Å². The average Bonchev–Trinajstić information content (AvgIpc) is 3.02. The van der Waals surface area contributed by atoms with Gasteiger partial charge >= 0.3 is 0 Å². The molecule has 0 radical (unpaired) electrons. The lowest BCUT2D eigenvalue weighted by molar-refractivity contribution is 0.171. The van der Waals surface area contributed by atoms with E-state index < -0.39 is 0 Å². The van der Waals surface area contributed by atoms with Gasteiger partial charge in [0.05, 0.1) is 13.7 Å². The lowest BCUT2D eigenvalue weighted by Crippen LogP contribution is -2.15. The molecule has 1 atom stereocenters. The van der Waals surface area contributed by atoms with Gasteiger partial charge in [0.25, 0.3) is 0 Å². The predicted molar refractivity (Wildman–Crippen MR) is 77.5 cm³/mol. The molecule has 0 bridgehead atoms. The first kappa shape index (κ1) is 12.4. The summed E-state index contributed by atoms with van der Waals surface area (Å²) >= 11 is 0. The van der Waals surface area contributed by atoms with E-state index in [1.54, 1.807) is 7.11 Å². The molecule has 2 heterocycles. The second-order valence-electron chi connectivity index (χ2n) is 5.18. The van der Waals surface area contributed by atoms with E-state index in [4.69, 9.17) is 18.9 Å². The quantitative estimate of drug-likeness (QED) is 0.847. The topological polar surface area (TPSA) is 36.9 Å². The maximum absolute atomic E-state index is 5.74. The zero-order valence-corrected chi connectivity index (χ0v) is 11.8. The van der Waals surface area contributed by atoms with Crippen LogP contribution in [0.2, 0.25) is 0 Å². The molecule has 0 fully saturated rings. The molecule has 0 amide bonds. The normalized spacial score (nSPS) is 18.8. The number of ether oxygens (including phenoxy) is 4. The van der Waals surface area contributed by atoms with Crippen LogP contribution in [0.4, 0.5) is 0 Å². The van der Waals surface area contributed by atoms with Gasteiger partial charge in [-0.15, -0.1) is 0 Å². The summed E-state index contributed by atoms with van der Waals surface area (Å²) in [4.78, 5) is 0. The van der Waals surface area contributed by atoms with Crippen LogP contribution in [0, 0.1) is 0 Å². The minimum Gasteiger partial charge on any atom is -0.493 e. The van der Waals surface area contributed by atoms with Gasteiger partial charge in [-0.2, -0.15) is 0 Å². The lowest BCUT2D eigenvalue weighted by Gasteiger charge is -2.26. The molecule has 0 N–H and O–H groups in total. The molecule has 2 aromatic carbocycles. The van der Waals surface area contributed by atoms with Crippen molar-refractivity contribution in [1.82, 2.24) is 0 Å². The van der Waals surface area contributed by atoms with E-state index in [1.807, 2.05) is 24.3 Å². The third-order valence-corrected chi connectivity index (χ3v) is 4.04. The molecule has 0 saturated heterocycles. The summed E-state index contributed by atoms with van der Waals surface area (Å²) in [6.45, 7) is 0.970. The number of fused-ring (bicyclic) bond motifs is 2. The van der Waals surface area contributed by atoms with Gasteiger partial charge in [-0.3, -0.25) is 0 Å². The number of para-hydroxylation sites is 1. The Kier molecular flexibility index (Phi) is 2.88. The first-order valence-electron chi connectivity index (χ1n) is 7.06. The molecule has 0 spiro atoms. The van der Waals surface area contributed by atoms with E-state index in [1.165, 1.54) is 11.1 Å². The highest BCUT2D eigenvalue weighted by Gasteiger charge is 2.27. The third kappa shape index (κ3) is 1.98. The summed E-state index contributed by atoms with van der Waals surface area (Å²) in [5, 5.41) is 0. The number of rotatable bonds is 2. The van der Waals surface area contributed by atoms with Gasteiger partial charge in [0, 0.05) is 11.5 Å². The van der Waals surface area contributed by atoms with Crippen molar-refractivity contribution < 1.29 is 18.9 Å². The SMILES string of the molecule is COc1cc(C2CCOc3ccccc32)cc2c1OCO2. The largest absolute Gasteiger partial charge is 0.493 e. The van der Waals surface area contributed by atoms with Crippen LogP contribution in [0.3, 0.4) is 0 Å². The van der Waals surface area contributed by atoms with Gasteiger partial charge in [0.2, 0.25) is 12.5 Å². The Morgan fingerprint density at radius 1 is 1.05 bits per heavy atom. The summed E-state index contributed by atoms with van der Waals surface area (Å²) in [7, 11) is 1.65. The van der Waals surface area contributed by atoms with Crippen molar-refractivity contribution in [3.63, 3.8) is 0 Å². The molecule has 4 heteroatoms. The molecule has 4 nitrogen and oxygen atoms in total. The van der Waals surface area contributed by atoms with Crippen molar-refractivity contribution in [3.05, 3.63) is 47.5 Å². The smallest absolute Gasteiger partial charge is 0.231 e. The van der Waals surface area contributed by atoms with E-state index in [0.717, 1.165) is 30.3 Å². The molecule has 2 aliphatic heterocycles. The highest BCUT2D eigenvalue weighted by atomic mass is 16.7. The van der Waals surface area contributed by atoms with Gasteiger partial charge in [0.15, 0.2) is 11.5 Å². The van der Waals surface area contributed by atoms with Gasteiger partial charge in [0.1, 0.15) is 5.75 Å². The van der Waals surface area contributed by atoms with Crippen molar-refractivity contribution in [2.45, 2.75) is 12.3 Å². The van der Waals surface area contributed by atoms with Crippen LogP contribution in [-0.4, -0.2) is 20.5 Å². The Hall–Kier alpha value is -2.36. The van der Waals surface area contributed by atoms with Crippen molar-refractivity contribution >= 4 is 0 Å². The van der Waals surface area contributed by atoms with Crippen molar-refractivity contribution in [2.75, 3.05) is 20.5 Å². The minimum atomic E-state index is 0.250. The summed E-state index contributed by atoms with van der Waals surface area (Å²) < 4.78 is 22.2. The summed E-state index contributed by atoms with van der Waals surface area (Å²) in [6.07, 6.45) is 0.944. The number of methoxy groups -OCH3 is 1. The predicted octanol–water partition coefficient (Wildman–Crippen LogP) is 3.34. The first-order valence-corrected chi connectivity index (χ1v) is 7.06. The van der Waals surface area contributed by atoms with Crippen LogP contribution < -0.4 is 18.9 Å². The fourth-order valence-corrected chi connectivity index (χ4v) is 3.04. The van der Waals surface area contributed by atoms with E-state index >= 15 is 0 Å².